The van der Waals surface area contributed by atoms with Gasteiger partial charge >= 0.3 is 0 Å². The van der Waals surface area contributed by atoms with Crippen LogP contribution in [-0.2, 0) is 0 Å². The van der Waals surface area contributed by atoms with Crippen molar-refractivity contribution in [3.63, 3.8) is 0 Å². The summed E-state index contributed by atoms with van der Waals surface area (Å²) >= 11 is 1.13. The lowest BCUT2D eigenvalue weighted by Gasteiger charge is -2.14. The van der Waals surface area contributed by atoms with Crippen LogP contribution in [0, 0.1) is 6.92 Å². The number of nitrogens with zero attached hydrogens (tertiary/aromatic N) is 2. The number of benzene rings is 1. The lowest BCUT2D eigenvalue weighted by Crippen LogP contribution is -2.17. The number of anilines is 1. The number of rotatable bonds is 7. The van der Waals surface area contributed by atoms with Crippen molar-refractivity contribution in [3.8, 4) is 11.5 Å². The zero-order chi connectivity index (χ0) is 18.4. The number of nitrogens with two attached hydrogens (primary N) is 1. The summed E-state index contributed by atoms with van der Waals surface area (Å²) in [6.45, 7) is 8.07. The molecule has 1 aromatic carbocycles. The number of nitrogen functional groups attached to an aromatic ring is 1. The Hall–Kier alpha value is -2.61. The van der Waals surface area contributed by atoms with Crippen molar-refractivity contribution in [1.29, 1.82) is 0 Å². The molecule has 0 aliphatic heterocycles. The minimum atomic E-state index is -0.340. The van der Waals surface area contributed by atoms with Crippen LogP contribution in [0.4, 0.5) is 5.13 Å². The second-order valence-corrected chi connectivity index (χ2v) is 6.50. The SMILES string of the molecule is CCOc1cc(/C=N\NC(=O)c2sc(N)nc2C)ccc1OC(C)C. The minimum absolute atomic E-state index is 0.0492. The van der Waals surface area contributed by atoms with Gasteiger partial charge in [0.2, 0.25) is 0 Å². The fourth-order valence-electron chi connectivity index (χ4n) is 2.07. The smallest absolute Gasteiger partial charge is 0.283 e. The molecule has 0 spiro atoms. The van der Waals surface area contributed by atoms with E-state index in [0.717, 1.165) is 16.9 Å². The van der Waals surface area contributed by atoms with Crippen LogP contribution >= 0.6 is 11.3 Å². The molecule has 0 bridgehead atoms. The highest BCUT2D eigenvalue weighted by Crippen LogP contribution is 2.29. The summed E-state index contributed by atoms with van der Waals surface area (Å²) in [5.41, 5.74) is 9.43. The summed E-state index contributed by atoms with van der Waals surface area (Å²) in [7, 11) is 0. The third kappa shape index (κ3) is 5.18. The fraction of sp³-hybridized carbons (Fsp3) is 0.353. The maximum absolute atomic E-state index is 12.1. The molecular weight excluding hydrogens is 340 g/mol. The number of carbonyl (C=O) groups excluding carboxylic acids is 1. The van der Waals surface area contributed by atoms with Gasteiger partial charge < -0.3 is 15.2 Å². The van der Waals surface area contributed by atoms with Gasteiger partial charge in [0.15, 0.2) is 16.6 Å². The predicted molar refractivity (Wildman–Crippen MR) is 99.7 cm³/mol. The second kappa shape index (κ2) is 8.48. The molecule has 0 aliphatic carbocycles. The van der Waals surface area contributed by atoms with E-state index < -0.39 is 0 Å². The molecule has 0 radical (unpaired) electrons. The second-order valence-electron chi connectivity index (χ2n) is 5.47. The van der Waals surface area contributed by atoms with Gasteiger partial charge in [0.1, 0.15) is 4.88 Å². The average molecular weight is 362 g/mol. The number of amides is 1. The molecule has 25 heavy (non-hydrogen) atoms. The van der Waals surface area contributed by atoms with Crippen LogP contribution in [-0.4, -0.2) is 29.8 Å². The van der Waals surface area contributed by atoms with E-state index in [1.165, 1.54) is 0 Å². The summed E-state index contributed by atoms with van der Waals surface area (Å²) < 4.78 is 11.3. The maximum Gasteiger partial charge on any atom is 0.283 e. The topological polar surface area (TPSA) is 98.8 Å². The Balaban J connectivity index is 2.08. The standard InChI is InChI=1S/C17H22N4O3S/c1-5-23-14-8-12(6-7-13(14)24-10(2)3)9-19-21-16(22)15-11(4)20-17(18)25-15/h6-10H,5H2,1-4H3,(H2,18,20)(H,21,22)/b19-9-. The van der Waals surface area contributed by atoms with Crippen LogP contribution < -0.4 is 20.6 Å². The lowest BCUT2D eigenvalue weighted by atomic mass is 10.2. The number of aryl methyl sites for hydroxylation is 1. The zero-order valence-electron chi connectivity index (χ0n) is 14.7. The number of carbonyl (C=O) groups is 1. The Kier molecular flexibility index (Phi) is 6.35. The van der Waals surface area contributed by atoms with E-state index in [-0.39, 0.29) is 12.0 Å². The van der Waals surface area contributed by atoms with Crippen molar-refractivity contribution in [2.24, 2.45) is 5.10 Å². The number of hydrazone groups is 1. The van der Waals surface area contributed by atoms with Crippen LogP contribution in [0.25, 0.3) is 0 Å². The molecule has 0 fully saturated rings. The highest BCUT2D eigenvalue weighted by Gasteiger charge is 2.13. The van der Waals surface area contributed by atoms with Gasteiger partial charge in [0.05, 0.1) is 24.6 Å². The number of hydrogen-bond acceptors (Lipinski definition) is 7. The predicted octanol–water partition coefficient (Wildman–Crippen LogP) is 2.98. The van der Waals surface area contributed by atoms with Gasteiger partial charge in [0, 0.05) is 0 Å². The molecule has 1 amide bonds. The van der Waals surface area contributed by atoms with Gasteiger partial charge in [-0.3, -0.25) is 4.79 Å². The Morgan fingerprint density at radius 3 is 2.80 bits per heavy atom. The van der Waals surface area contributed by atoms with Crippen molar-refractivity contribution in [1.82, 2.24) is 10.4 Å². The van der Waals surface area contributed by atoms with Gasteiger partial charge in [-0.05, 0) is 51.5 Å². The highest BCUT2D eigenvalue weighted by molar-refractivity contribution is 7.17. The van der Waals surface area contributed by atoms with E-state index in [2.05, 4.69) is 15.5 Å². The van der Waals surface area contributed by atoms with Crippen molar-refractivity contribution in [3.05, 3.63) is 34.3 Å². The number of ether oxygens (including phenoxy) is 2. The van der Waals surface area contributed by atoms with Gasteiger partial charge in [-0.2, -0.15) is 5.10 Å². The monoisotopic (exact) mass is 362 g/mol. The molecule has 0 saturated heterocycles. The molecule has 1 heterocycles. The highest BCUT2D eigenvalue weighted by atomic mass is 32.1. The molecule has 134 valence electrons. The molecule has 0 saturated carbocycles. The third-order valence-electron chi connectivity index (χ3n) is 3.03. The average Bonchev–Trinajstić information content (AvgIpc) is 2.88. The van der Waals surface area contributed by atoms with Crippen molar-refractivity contribution >= 4 is 28.6 Å². The van der Waals surface area contributed by atoms with Gasteiger partial charge in [-0.15, -0.1) is 0 Å². The molecule has 2 aromatic rings. The van der Waals surface area contributed by atoms with Crippen LogP contribution in [0.3, 0.4) is 0 Å². The Morgan fingerprint density at radius 2 is 2.20 bits per heavy atom. The molecule has 2 rings (SSSR count). The van der Waals surface area contributed by atoms with E-state index in [1.807, 2.05) is 39.0 Å². The Labute approximate surface area is 150 Å². The first-order valence-electron chi connectivity index (χ1n) is 7.90. The van der Waals surface area contributed by atoms with Gasteiger partial charge in [-0.25, -0.2) is 10.4 Å². The minimum Gasteiger partial charge on any atom is -0.490 e. The molecular formula is C17H22N4O3S. The third-order valence-corrected chi connectivity index (χ3v) is 4.01. The quantitative estimate of drug-likeness (QED) is 0.583. The molecule has 3 N–H and O–H groups in total. The number of nitrogens with one attached hydrogen (secondary N) is 1. The van der Waals surface area contributed by atoms with Crippen LogP contribution in [0.2, 0.25) is 0 Å². The first-order chi connectivity index (χ1) is 11.9. The van der Waals surface area contributed by atoms with E-state index in [4.69, 9.17) is 15.2 Å². The zero-order valence-corrected chi connectivity index (χ0v) is 15.5. The maximum atomic E-state index is 12.1. The van der Waals surface area contributed by atoms with Crippen molar-refractivity contribution in [2.45, 2.75) is 33.8 Å². The van der Waals surface area contributed by atoms with Crippen LogP contribution in [0.15, 0.2) is 23.3 Å². The molecule has 1 aromatic heterocycles. The summed E-state index contributed by atoms with van der Waals surface area (Å²) in [6, 6.07) is 5.47. The van der Waals surface area contributed by atoms with Crippen LogP contribution in [0.1, 0.15) is 41.7 Å². The van der Waals surface area contributed by atoms with Crippen LogP contribution in [0.5, 0.6) is 11.5 Å². The molecule has 0 unspecified atom stereocenters. The summed E-state index contributed by atoms with van der Waals surface area (Å²) in [6.07, 6.45) is 1.59. The largest absolute Gasteiger partial charge is 0.490 e. The van der Waals surface area contributed by atoms with E-state index >= 15 is 0 Å². The summed E-state index contributed by atoms with van der Waals surface area (Å²) in [5, 5.41) is 4.33. The van der Waals surface area contributed by atoms with Crippen molar-refractivity contribution < 1.29 is 14.3 Å². The Bertz CT molecular complexity index is 771. The first-order valence-corrected chi connectivity index (χ1v) is 8.72. The van der Waals surface area contributed by atoms with Gasteiger partial charge in [-0.1, -0.05) is 11.3 Å². The van der Waals surface area contributed by atoms with E-state index in [9.17, 15) is 4.79 Å². The summed E-state index contributed by atoms with van der Waals surface area (Å²) in [4.78, 5) is 16.5. The molecule has 7 nitrogen and oxygen atoms in total. The number of hydrogen-bond donors (Lipinski definition) is 2. The van der Waals surface area contributed by atoms with E-state index in [0.29, 0.717) is 33.8 Å². The lowest BCUT2D eigenvalue weighted by molar-refractivity contribution is 0.0958. The fourth-order valence-corrected chi connectivity index (χ4v) is 2.79. The van der Waals surface area contributed by atoms with Crippen molar-refractivity contribution in [2.75, 3.05) is 12.3 Å². The number of thiazole rings is 1. The molecule has 8 heteroatoms. The molecule has 0 aliphatic rings. The molecule has 0 atom stereocenters. The summed E-state index contributed by atoms with van der Waals surface area (Å²) in [5.74, 6) is 0.971. The van der Waals surface area contributed by atoms with E-state index in [1.54, 1.807) is 13.1 Å². The first kappa shape index (κ1) is 18.7. The van der Waals surface area contributed by atoms with Gasteiger partial charge in [0.25, 0.3) is 5.91 Å². The normalized spacial score (nSPS) is 11.1. The number of aromatic nitrogens is 1. The Morgan fingerprint density at radius 1 is 1.44 bits per heavy atom.